The van der Waals surface area contributed by atoms with Crippen LogP contribution in [0.4, 0.5) is 4.39 Å². The number of halogens is 1. The van der Waals surface area contributed by atoms with Gasteiger partial charge < -0.3 is 20.4 Å². The van der Waals surface area contributed by atoms with Gasteiger partial charge in [-0.15, -0.1) is 0 Å². The molecular formula is C10H12FNO5. The number of nitrogens with zero attached hydrogens (tertiary/aromatic N) is 1. The van der Waals surface area contributed by atoms with Crippen molar-refractivity contribution in [3.05, 3.63) is 29.3 Å². The van der Waals surface area contributed by atoms with Crippen molar-refractivity contribution < 1.29 is 29.6 Å². The molecule has 4 N–H and O–H groups in total. The van der Waals surface area contributed by atoms with Gasteiger partial charge in [0.1, 0.15) is 11.7 Å². The Bertz CT molecular complexity index is 412. The highest BCUT2D eigenvalue weighted by Gasteiger charge is 2.21. The van der Waals surface area contributed by atoms with Crippen LogP contribution in [0.5, 0.6) is 0 Å². The molecule has 0 saturated heterocycles. The standard InChI is InChI=1S/C10H12FNO5/c11-9-6(10(16)17)3-5(4-12-9)8(15)7(14)1-2-13/h3-4,7-8,13-15H,1-2H2,(H,16,17). The van der Waals surface area contributed by atoms with Crippen LogP contribution in [0.2, 0.25) is 0 Å². The number of pyridine rings is 1. The number of aliphatic hydroxyl groups excluding tert-OH is 3. The second kappa shape index (κ2) is 5.67. The zero-order valence-corrected chi connectivity index (χ0v) is 8.75. The third-order valence-corrected chi connectivity index (χ3v) is 2.22. The summed E-state index contributed by atoms with van der Waals surface area (Å²) in [6.45, 7) is -0.335. The molecule has 0 spiro atoms. The Balaban J connectivity index is 2.99. The van der Waals surface area contributed by atoms with Gasteiger partial charge in [-0.25, -0.2) is 9.78 Å². The molecule has 7 heteroatoms. The van der Waals surface area contributed by atoms with Gasteiger partial charge in [-0.3, -0.25) is 0 Å². The second-order valence-corrected chi connectivity index (χ2v) is 3.44. The Morgan fingerprint density at radius 3 is 2.65 bits per heavy atom. The fraction of sp³-hybridized carbons (Fsp3) is 0.400. The molecule has 0 amide bonds. The van der Waals surface area contributed by atoms with Gasteiger partial charge >= 0.3 is 5.97 Å². The summed E-state index contributed by atoms with van der Waals surface area (Å²) in [6.07, 6.45) is -1.84. The lowest BCUT2D eigenvalue weighted by Crippen LogP contribution is -2.20. The fourth-order valence-corrected chi connectivity index (χ4v) is 1.29. The normalized spacial score (nSPS) is 14.4. The zero-order chi connectivity index (χ0) is 13.0. The minimum Gasteiger partial charge on any atom is -0.478 e. The summed E-state index contributed by atoms with van der Waals surface area (Å²) in [4.78, 5) is 13.8. The van der Waals surface area contributed by atoms with Crippen molar-refractivity contribution in [2.75, 3.05) is 6.61 Å². The summed E-state index contributed by atoms with van der Waals surface area (Å²) in [5.74, 6) is -2.68. The van der Waals surface area contributed by atoms with Crippen molar-refractivity contribution in [1.82, 2.24) is 4.98 Å². The molecule has 2 unspecified atom stereocenters. The van der Waals surface area contributed by atoms with Gasteiger partial charge in [-0.1, -0.05) is 0 Å². The van der Waals surface area contributed by atoms with Crippen molar-refractivity contribution in [3.8, 4) is 0 Å². The maximum Gasteiger partial charge on any atom is 0.340 e. The van der Waals surface area contributed by atoms with Gasteiger partial charge in [0.15, 0.2) is 0 Å². The summed E-state index contributed by atoms with van der Waals surface area (Å²) >= 11 is 0. The van der Waals surface area contributed by atoms with E-state index in [2.05, 4.69) is 4.98 Å². The Kier molecular flexibility index (Phi) is 4.50. The molecule has 1 aromatic rings. The van der Waals surface area contributed by atoms with E-state index in [1.54, 1.807) is 0 Å². The second-order valence-electron chi connectivity index (χ2n) is 3.44. The van der Waals surface area contributed by atoms with E-state index in [4.69, 9.17) is 10.2 Å². The van der Waals surface area contributed by atoms with Gasteiger partial charge in [0.2, 0.25) is 5.95 Å². The van der Waals surface area contributed by atoms with Crippen LogP contribution >= 0.6 is 0 Å². The van der Waals surface area contributed by atoms with Gasteiger partial charge in [-0.2, -0.15) is 4.39 Å². The van der Waals surface area contributed by atoms with Crippen LogP contribution in [-0.2, 0) is 0 Å². The van der Waals surface area contributed by atoms with Crippen LogP contribution in [0.3, 0.4) is 0 Å². The van der Waals surface area contributed by atoms with Crippen LogP contribution in [0.15, 0.2) is 12.3 Å². The highest BCUT2D eigenvalue weighted by Crippen LogP contribution is 2.20. The van der Waals surface area contributed by atoms with Gasteiger partial charge in [-0.05, 0) is 12.5 Å². The predicted molar refractivity (Wildman–Crippen MR) is 53.8 cm³/mol. The maximum absolute atomic E-state index is 13.0. The summed E-state index contributed by atoms with van der Waals surface area (Å²) in [5, 5.41) is 36.2. The number of rotatable bonds is 5. The third kappa shape index (κ3) is 3.19. The molecular weight excluding hydrogens is 233 g/mol. The van der Waals surface area contributed by atoms with Crippen LogP contribution < -0.4 is 0 Å². The van der Waals surface area contributed by atoms with E-state index in [1.165, 1.54) is 0 Å². The summed E-state index contributed by atoms with van der Waals surface area (Å²) in [6, 6.07) is 0.899. The van der Waals surface area contributed by atoms with Gasteiger partial charge in [0.05, 0.1) is 6.10 Å². The number of aromatic nitrogens is 1. The predicted octanol–water partition coefficient (Wildman–Crippen LogP) is -0.304. The lowest BCUT2D eigenvalue weighted by atomic mass is 10.0. The molecule has 0 aromatic carbocycles. The maximum atomic E-state index is 13.0. The van der Waals surface area contributed by atoms with Crippen molar-refractivity contribution >= 4 is 5.97 Å². The molecule has 0 aliphatic rings. The van der Waals surface area contributed by atoms with Crippen LogP contribution in [0.25, 0.3) is 0 Å². The van der Waals surface area contributed by atoms with Crippen molar-refractivity contribution in [2.24, 2.45) is 0 Å². The Labute approximate surface area is 96.0 Å². The minimum atomic E-state index is -1.51. The molecule has 2 atom stereocenters. The monoisotopic (exact) mass is 245 g/mol. The molecule has 94 valence electrons. The molecule has 0 aliphatic carbocycles. The molecule has 6 nitrogen and oxygen atoms in total. The summed E-state index contributed by atoms with van der Waals surface area (Å²) in [5.41, 5.74) is -0.706. The lowest BCUT2D eigenvalue weighted by molar-refractivity contribution is 0.00389. The van der Waals surface area contributed by atoms with Crippen molar-refractivity contribution in [3.63, 3.8) is 0 Å². The quantitative estimate of drug-likeness (QED) is 0.530. The molecule has 0 aliphatic heterocycles. The number of hydrogen-bond acceptors (Lipinski definition) is 5. The topological polar surface area (TPSA) is 111 Å². The minimum absolute atomic E-state index is 0.0234. The number of hydrogen-bond donors (Lipinski definition) is 4. The lowest BCUT2D eigenvalue weighted by Gasteiger charge is -2.17. The van der Waals surface area contributed by atoms with Crippen LogP contribution in [0.1, 0.15) is 28.4 Å². The van der Waals surface area contributed by atoms with Gasteiger partial charge in [0, 0.05) is 18.4 Å². The van der Waals surface area contributed by atoms with E-state index in [9.17, 15) is 19.4 Å². The molecule has 0 bridgehead atoms. The highest BCUT2D eigenvalue weighted by molar-refractivity contribution is 5.87. The number of aromatic carboxylic acids is 1. The largest absolute Gasteiger partial charge is 0.478 e. The van der Waals surface area contributed by atoms with Crippen molar-refractivity contribution in [2.45, 2.75) is 18.6 Å². The Morgan fingerprint density at radius 1 is 1.47 bits per heavy atom. The average Bonchev–Trinajstić information content (AvgIpc) is 2.28. The Morgan fingerprint density at radius 2 is 2.12 bits per heavy atom. The zero-order valence-electron chi connectivity index (χ0n) is 8.75. The summed E-state index contributed by atoms with van der Waals surface area (Å²) in [7, 11) is 0. The molecule has 0 saturated carbocycles. The smallest absolute Gasteiger partial charge is 0.340 e. The van der Waals surface area contributed by atoms with E-state index < -0.39 is 29.7 Å². The van der Waals surface area contributed by atoms with Crippen LogP contribution in [0, 0.1) is 5.95 Å². The third-order valence-electron chi connectivity index (χ3n) is 2.22. The first-order valence-corrected chi connectivity index (χ1v) is 4.83. The van der Waals surface area contributed by atoms with E-state index in [0.29, 0.717) is 0 Å². The van der Waals surface area contributed by atoms with Gasteiger partial charge in [0.25, 0.3) is 0 Å². The molecule has 1 heterocycles. The fourth-order valence-electron chi connectivity index (χ4n) is 1.29. The molecule has 1 aromatic heterocycles. The number of carboxylic acid groups (broad SMARTS) is 1. The first kappa shape index (κ1) is 13.5. The molecule has 1 rings (SSSR count). The molecule has 17 heavy (non-hydrogen) atoms. The van der Waals surface area contributed by atoms with E-state index >= 15 is 0 Å². The van der Waals surface area contributed by atoms with Crippen molar-refractivity contribution in [1.29, 1.82) is 0 Å². The highest BCUT2D eigenvalue weighted by atomic mass is 19.1. The van der Waals surface area contributed by atoms with E-state index in [0.717, 1.165) is 12.3 Å². The average molecular weight is 245 g/mol. The van der Waals surface area contributed by atoms with E-state index in [-0.39, 0.29) is 18.6 Å². The SMILES string of the molecule is O=C(O)c1cc(C(O)C(O)CCO)cnc1F. The number of carboxylic acids is 1. The first-order valence-electron chi connectivity index (χ1n) is 4.83. The van der Waals surface area contributed by atoms with E-state index in [1.807, 2.05) is 0 Å². The molecule has 0 fully saturated rings. The summed E-state index contributed by atoms with van der Waals surface area (Å²) < 4.78 is 13.0. The molecule has 0 radical (unpaired) electrons. The van der Waals surface area contributed by atoms with Crippen LogP contribution in [-0.4, -0.2) is 44.1 Å². The number of carbonyl (C=O) groups is 1. The first-order chi connectivity index (χ1) is 7.97. The Hall–Kier alpha value is -1.57. The number of aliphatic hydroxyl groups is 3.